The molecule has 1 fully saturated rings. The first-order valence-electron chi connectivity index (χ1n) is 8.35. The van der Waals surface area contributed by atoms with Crippen LogP contribution in [-0.4, -0.2) is 43.1 Å². The van der Waals surface area contributed by atoms with Crippen LogP contribution in [0.3, 0.4) is 0 Å². The molecule has 0 saturated carbocycles. The van der Waals surface area contributed by atoms with Crippen LogP contribution in [0.1, 0.15) is 30.9 Å². The minimum absolute atomic E-state index is 0.0916. The van der Waals surface area contributed by atoms with E-state index in [0.717, 1.165) is 19.3 Å². The van der Waals surface area contributed by atoms with Crippen LogP contribution in [0.5, 0.6) is 0 Å². The number of amides is 2. The number of urea groups is 1. The Balaban J connectivity index is 1.76. The van der Waals surface area contributed by atoms with Crippen molar-refractivity contribution in [2.75, 3.05) is 26.2 Å². The molecule has 1 aliphatic rings. The summed E-state index contributed by atoms with van der Waals surface area (Å²) in [6.07, 6.45) is 2.45. The van der Waals surface area contributed by atoms with Gasteiger partial charge in [-0.25, -0.2) is 4.79 Å². The minimum atomic E-state index is -0.190. The Kier molecular flexibility index (Phi) is 6.44. The molecule has 1 heterocycles. The molecule has 1 aliphatic heterocycles. The predicted octanol–water partition coefficient (Wildman–Crippen LogP) is 2.52. The summed E-state index contributed by atoms with van der Waals surface area (Å²) in [6, 6.07) is 8.22. The number of carbonyl (C=O) groups is 2. The Morgan fingerprint density at radius 3 is 2.74 bits per heavy atom. The highest BCUT2D eigenvalue weighted by molar-refractivity contribution is 5.77. The summed E-state index contributed by atoms with van der Waals surface area (Å²) in [7, 11) is 0. The van der Waals surface area contributed by atoms with Crippen LogP contribution in [0.15, 0.2) is 24.3 Å². The van der Waals surface area contributed by atoms with Crippen molar-refractivity contribution in [3.63, 3.8) is 0 Å². The van der Waals surface area contributed by atoms with Crippen molar-refractivity contribution in [2.45, 2.75) is 33.1 Å². The Labute approximate surface area is 138 Å². The van der Waals surface area contributed by atoms with Gasteiger partial charge in [-0.15, -0.1) is 0 Å². The minimum Gasteiger partial charge on any atom is -0.466 e. The van der Waals surface area contributed by atoms with Crippen molar-refractivity contribution < 1.29 is 14.3 Å². The molecular formula is C18H26N2O3. The third kappa shape index (κ3) is 5.27. The number of aryl methyl sites for hydroxylation is 1. The van der Waals surface area contributed by atoms with Crippen LogP contribution >= 0.6 is 0 Å². The van der Waals surface area contributed by atoms with E-state index in [9.17, 15) is 9.59 Å². The highest BCUT2D eigenvalue weighted by atomic mass is 16.5. The van der Waals surface area contributed by atoms with Gasteiger partial charge in [0, 0.05) is 19.6 Å². The second-order valence-corrected chi connectivity index (χ2v) is 6.00. The SMILES string of the molecule is CCOC(=O)C1CCCN(C(=O)NCCc2ccc(C)cc2)C1. The number of carbonyl (C=O) groups excluding carboxylic acids is 2. The molecule has 0 spiro atoms. The van der Waals surface area contributed by atoms with Gasteiger partial charge in [0.05, 0.1) is 12.5 Å². The van der Waals surface area contributed by atoms with E-state index in [2.05, 4.69) is 36.5 Å². The van der Waals surface area contributed by atoms with Crippen molar-refractivity contribution in [3.8, 4) is 0 Å². The third-order valence-corrected chi connectivity index (χ3v) is 4.14. The smallest absolute Gasteiger partial charge is 0.317 e. The van der Waals surface area contributed by atoms with E-state index in [1.54, 1.807) is 11.8 Å². The summed E-state index contributed by atoms with van der Waals surface area (Å²) < 4.78 is 5.06. The molecule has 0 aromatic heterocycles. The lowest BCUT2D eigenvalue weighted by Gasteiger charge is -2.31. The maximum absolute atomic E-state index is 12.2. The topological polar surface area (TPSA) is 58.6 Å². The van der Waals surface area contributed by atoms with E-state index in [1.165, 1.54) is 11.1 Å². The predicted molar refractivity (Wildman–Crippen MR) is 89.2 cm³/mol. The Morgan fingerprint density at radius 2 is 2.04 bits per heavy atom. The van der Waals surface area contributed by atoms with Gasteiger partial charge in [0.15, 0.2) is 0 Å². The molecule has 0 aliphatic carbocycles. The van der Waals surface area contributed by atoms with Gasteiger partial charge in [-0.3, -0.25) is 4.79 Å². The van der Waals surface area contributed by atoms with E-state index in [1.807, 2.05) is 0 Å². The summed E-state index contributed by atoms with van der Waals surface area (Å²) in [4.78, 5) is 25.8. The van der Waals surface area contributed by atoms with Gasteiger partial charge < -0.3 is 15.0 Å². The number of benzene rings is 1. The Morgan fingerprint density at radius 1 is 1.30 bits per heavy atom. The first kappa shape index (κ1) is 17.3. The number of piperidine rings is 1. The van der Waals surface area contributed by atoms with Gasteiger partial charge in [0.2, 0.25) is 0 Å². The van der Waals surface area contributed by atoms with E-state index < -0.39 is 0 Å². The molecule has 5 nitrogen and oxygen atoms in total. The maximum Gasteiger partial charge on any atom is 0.317 e. The third-order valence-electron chi connectivity index (χ3n) is 4.14. The average Bonchev–Trinajstić information content (AvgIpc) is 2.57. The van der Waals surface area contributed by atoms with Crippen LogP contribution < -0.4 is 5.32 Å². The molecule has 1 aromatic rings. The van der Waals surface area contributed by atoms with Crippen molar-refractivity contribution >= 4 is 12.0 Å². The summed E-state index contributed by atoms with van der Waals surface area (Å²) in [6.45, 7) is 6.00. The first-order valence-corrected chi connectivity index (χ1v) is 8.35. The summed E-state index contributed by atoms with van der Waals surface area (Å²) in [5.74, 6) is -0.379. The molecule has 5 heteroatoms. The van der Waals surface area contributed by atoms with Gasteiger partial charge in [0.1, 0.15) is 0 Å². The first-order chi connectivity index (χ1) is 11.1. The average molecular weight is 318 g/mol. The molecule has 2 rings (SSSR count). The molecule has 1 atom stereocenters. The van der Waals surface area contributed by atoms with Crippen LogP contribution in [0.25, 0.3) is 0 Å². The molecule has 126 valence electrons. The molecular weight excluding hydrogens is 292 g/mol. The maximum atomic E-state index is 12.2. The van der Waals surface area contributed by atoms with E-state index in [4.69, 9.17) is 4.74 Å². The number of rotatable bonds is 5. The number of esters is 1. The van der Waals surface area contributed by atoms with E-state index >= 15 is 0 Å². The number of hydrogen-bond acceptors (Lipinski definition) is 3. The van der Waals surface area contributed by atoms with Gasteiger partial charge >= 0.3 is 12.0 Å². The molecule has 23 heavy (non-hydrogen) atoms. The van der Waals surface area contributed by atoms with Gasteiger partial charge in [-0.05, 0) is 38.7 Å². The van der Waals surface area contributed by atoms with Crippen molar-refractivity contribution in [3.05, 3.63) is 35.4 Å². The zero-order valence-electron chi connectivity index (χ0n) is 14.0. The largest absolute Gasteiger partial charge is 0.466 e. The second-order valence-electron chi connectivity index (χ2n) is 6.00. The molecule has 1 N–H and O–H groups in total. The van der Waals surface area contributed by atoms with Crippen LogP contribution in [0.2, 0.25) is 0 Å². The fraction of sp³-hybridized carbons (Fsp3) is 0.556. The van der Waals surface area contributed by atoms with Gasteiger partial charge in [-0.2, -0.15) is 0 Å². The Bertz CT molecular complexity index is 528. The second kappa shape index (κ2) is 8.56. The summed E-state index contributed by atoms with van der Waals surface area (Å²) in [5.41, 5.74) is 2.44. The fourth-order valence-electron chi connectivity index (χ4n) is 2.79. The van der Waals surface area contributed by atoms with Crippen molar-refractivity contribution in [2.24, 2.45) is 5.92 Å². The number of likely N-dealkylation sites (tertiary alicyclic amines) is 1. The van der Waals surface area contributed by atoms with Crippen LogP contribution in [0, 0.1) is 12.8 Å². The zero-order valence-corrected chi connectivity index (χ0v) is 14.0. The number of nitrogens with zero attached hydrogens (tertiary/aromatic N) is 1. The molecule has 1 saturated heterocycles. The fourth-order valence-corrected chi connectivity index (χ4v) is 2.79. The molecule has 1 aromatic carbocycles. The monoisotopic (exact) mass is 318 g/mol. The number of ether oxygens (including phenoxy) is 1. The highest BCUT2D eigenvalue weighted by Crippen LogP contribution is 2.18. The van der Waals surface area contributed by atoms with Crippen molar-refractivity contribution in [1.29, 1.82) is 0 Å². The molecule has 0 radical (unpaired) electrons. The summed E-state index contributed by atoms with van der Waals surface area (Å²) in [5, 5.41) is 2.94. The lowest BCUT2D eigenvalue weighted by atomic mass is 9.98. The molecule has 1 unspecified atom stereocenters. The number of hydrogen-bond donors (Lipinski definition) is 1. The van der Waals surface area contributed by atoms with Crippen LogP contribution in [-0.2, 0) is 16.0 Å². The lowest BCUT2D eigenvalue weighted by Crippen LogP contribution is -2.47. The van der Waals surface area contributed by atoms with Crippen molar-refractivity contribution in [1.82, 2.24) is 10.2 Å². The summed E-state index contributed by atoms with van der Waals surface area (Å²) >= 11 is 0. The van der Waals surface area contributed by atoms with Gasteiger partial charge in [-0.1, -0.05) is 29.8 Å². The quantitative estimate of drug-likeness (QED) is 0.849. The van der Waals surface area contributed by atoms with E-state index in [-0.39, 0.29) is 17.9 Å². The van der Waals surface area contributed by atoms with E-state index in [0.29, 0.717) is 26.2 Å². The standard InChI is InChI=1S/C18H26N2O3/c1-3-23-17(21)16-5-4-12-20(13-16)18(22)19-11-10-15-8-6-14(2)7-9-15/h6-9,16H,3-5,10-13H2,1-2H3,(H,19,22). The lowest BCUT2D eigenvalue weighted by molar-refractivity contribution is -0.149. The van der Waals surface area contributed by atoms with Gasteiger partial charge in [0.25, 0.3) is 0 Å². The van der Waals surface area contributed by atoms with Crippen LogP contribution in [0.4, 0.5) is 4.79 Å². The number of nitrogens with one attached hydrogen (secondary N) is 1. The Hall–Kier alpha value is -2.04. The normalized spacial score (nSPS) is 17.7. The molecule has 2 amide bonds. The zero-order chi connectivity index (χ0) is 16.7. The molecule has 0 bridgehead atoms. The highest BCUT2D eigenvalue weighted by Gasteiger charge is 2.29.